The van der Waals surface area contributed by atoms with E-state index in [9.17, 15) is 4.79 Å². The van der Waals surface area contributed by atoms with Gasteiger partial charge in [-0.3, -0.25) is 9.20 Å². The number of aromatic nitrogens is 2. The average Bonchev–Trinajstić information content (AvgIpc) is 2.90. The summed E-state index contributed by atoms with van der Waals surface area (Å²) in [4.78, 5) is 19.6. The number of ether oxygens (including phenoxy) is 1. The first kappa shape index (κ1) is 17.3. The van der Waals surface area contributed by atoms with Gasteiger partial charge in [0.05, 0.1) is 12.8 Å². The van der Waals surface area contributed by atoms with Crippen LogP contribution in [0.15, 0.2) is 18.3 Å². The predicted octanol–water partition coefficient (Wildman–Crippen LogP) is 3.69. The van der Waals surface area contributed by atoms with E-state index in [1.807, 2.05) is 34.6 Å². The van der Waals surface area contributed by atoms with Crippen molar-refractivity contribution >= 4 is 11.6 Å². The van der Waals surface area contributed by atoms with Gasteiger partial charge in [-0.1, -0.05) is 26.7 Å². The molecule has 0 spiro atoms. The van der Waals surface area contributed by atoms with E-state index in [1.54, 1.807) is 7.11 Å². The summed E-state index contributed by atoms with van der Waals surface area (Å²) in [5, 5.41) is 0. The van der Waals surface area contributed by atoms with Crippen molar-refractivity contribution in [3.8, 4) is 5.75 Å². The Balaban J connectivity index is 2.39. The van der Waals surface area contributed by atoms with Gasteiger partial charge in [-0.05, 0) is 31.9 Å². The lowest BCUT2D eigenvalue weighted by molar-refractivity contribution is 0.0743. The van der Waals surface area contributed by atoms with Crippen LogP contribution >= 0.6 is 0 Å². The third kappa shape index (κ3) is 3.66. The Morgan fingerprint density at radius 3 is 2.48 bits per heavy atom. The minimum absolute atomic E-state index is 0.0603. The Morgan fingerprint density at radius 1 is 1.26 bits per heavy atom. The fraction of sp³-hybridized carbons (Fsp3) is 0.556. The Labute approximate surface area is 138 Å². The van der Waals surface area contributed by atoms with E-state index in [-0.39, 0.29) is 5.91 Å². The Bertz CT molecular complexity index is 656. The van der Waals surface area contributed by atoms with Gasteiger partial charge >= 0.3 is 0 Å². The molecule has 126 valence electrons. The van der Waals surface area contributed by atoms with E-state index in [0.29, 0.717) is 17.1 Å². The van der Waals surface area contributed by atoms with Crippen molar-refractivity contribution in [3.63, 3.8) is 0 Å². The van der Waals surface area contributed by atoms with Gasteiger partial charge in [-0.25, -0.2) is 4.98 Å². The van der Waals surface area contributed by atoms with E-state index in [0.717, 1.165) is 44.5 Å². The third-order valence-electron chi connectivity index (χ3n) is 4.06. The Hall–Kier alpha value is -2.04. The third-order valence-corrected chi connectivity index (χ3v) is 4.06. The maximum absolute atomic E-state index is 13.1. The molecule has 0 bridgehead atoms. The Morgan fingerprint density at radius 2 is 1.91 bits per heavy atom. The number of hydrogen-bond acceptors (Lipinski definition) is 3. The van der Waals surface area contributed by atoms with Crippen molar-refractivity contribution in [1.82, 2.24) is 14.3 Å². The fourth-order valence-electron chi connectivity index (χ4n) is 2.74. The molecule has 23 heavy (non-hydrogen) atoms. The number of carbonyl (C=O) groups is 1. The summed E-state index contributed by atoms with van der Waals surface area (Å²) >= 11 is 0. The number of methoxy groups -OCH3 is 1. The van der Waals surface area contributed by atoms with Crippen molar-refractivity contribution in [2.75, 3.05) is 20.2 Å². The number of amides is 1. The molecule has 2 aromatic rings. The van der Waals surface area contributed by atoms with Gasteiger partial charge in [-0.15, -0.1) is 0 Å². The molecule has 0 aliphatic rings. The second-order valence-corrected chi connectivity index (χ2v) is 5.82. The van der Waals surface area contributed by atoms with Gasteiger partial charge in [-0.2, -0.15) is 0 Å². The SMILES string of the molecule is CCCCN(CCCC)C(=O)c1c(C)nc2c(OC)cccn12. The van der Waals surface area contributed by atoms with Crippen molar-refractivity contribution < 1.29 is 9.53 Å². The number of unbranched alkanes of at least 4 members (excludes halogenated alkanes) is 2. The van der Waals surface area contributed by atoms with Crippen LogP contribution in [0.2, 0.25) is 0 Å². The number of rotatable bonds is 8. The molecule has 0 N–H and O–H groups in total. The molecule has 2 aromatic heterocycles. The van der Waals surface area contributed by atoms with Crippen LogP contribution in [0, 0.1) is 6.92 Å². The molecule has 0 saturated heterocycles. The molecule has 2 rings (SSSR count). The van der Waals surface area contributed by atoms with E-state index in [1.165, 1.54) is 0 Å². The smallest absolute Gasteiger partial charge is 0.272 e. The summed E-state index contributed by atoms with van der Waals surface area (Å²) < 4.78 is 7.21. The fourth-order valence-corrected chi connectivity index (χ4v) is 2.74. The summed E-state index contributed by atoms with van der Waals surface area (Å²) in [6.07, 6.45) is 6.08. The summed E-state index contributed by atoms with van der Waals surface area (Å²) in [6, 6.07) is 3.74. The van der Waals surface area contributed by atoms with E-state index in [2.05, 4.69) is 18.8 Å². The zero-order valence-electron chi connectivity index (χ0n) is 14.6. The normalized spacial score (nSPS) is 11.0. The van der Waals surface area contributed by atoms with Crippen LogP contribution in [0.4, 0.5) is 0 Å². The molecule has 5 heteroatoms. The minimum Gasteiger partial charge on any atom is -0.493 e. The lowest BCUT2D eigenvalue weighted by Gasteiger charge is -2.22. The minimum atomic E-state index is 0.0603. The van der Waals surface area contributed by atoms with Gasteiger partial charge in [0.25, 0.3) is 5.91 Å². The lowest BCUT2D eigenvalue weighted by atomic mass is 10.2. The monoisotopic (exact) mass is 317 g/mol. The first-order valence-electron chi connectivity index (χ1n) is 8.44. The topological polar surface area (TPSA) is 46.8 Å². The number of nitrogens with zero attached hydrogens (tertiary/aromatic N) is 3. The molecule has 0 saturated carbocycles. The number of pyridine rings is 1. The molecule has 0 radical (unpaired) electrons. The highest BCUT2D eigenvalue weighted by atomic mass is 16.5. The number of aryl methyl sites for hydroxylation is 1. The maximum Gasteiger partial charge on any atom is 0.272 e. The summed E-state index contributed by atoms with van der Waals surface area (Å²) in [6.45, 7) is 7.77. The zero-order chi connectivity index (χ0) is 16.8. The van der Waals surface area contributed by atoms with Gasteiger partial charge < -0.3 is 9.64 Å². The van der Waals surface area contributed by atoms with Gasteiger partial charge in [0.15, 0.2) is 11.4 Å². The van der Waals surface area contributed by atoms with Crippen molar-refractivity contribution in [3.05, 3.63) is 29.7 Å². The zero-order valence-corrected chi connectivity index (χ0v) is 14.6. The van der Waals surface area contributed by atoms with Crippen molar-refractivity contribution in [2.24, 2.45) is 0 Å². The molecule has 0 aromatic carbocycles. The number of hydrogen-bond donors (Lipinski definition) is 0. The van der Waals surface area contributed by atoms with E-state index < -0.39 is 0 Å². The van der Waals surface area contributed by atoms with Gasteiger partial charge in [0.1, 0.15) is 5.69 Å². The molecule has 0 atom stereocenters. The summed E-state index contributed by atoms with van der Waals surface area (Å²) in [7, 11) is 1.62. The molecule has 2 heterocycles. The van der Waals surface area contributed by atoms with Crippen LogP contribution in [0.25, 0.3) is 5.65 Å². The lowest BCUT2D eigenvalue weighted by Crippen LogP contribution is -2.34. The van der Waals surface area contributed by atoms with Crippen molar-refractivity contribution in [1.29, 1.82) is 0 Å². The maximum atomic E-state index is 13.1. The van der Waals surface area contributed by atoms with Crippen LogP contribution in [-0.2, 0) is 0 Å². The molecule has 0 aliphatic heterocycles. The second-order valence-electron chi connectivity index (χ2n) is 5.82. The average molecular weight is 317 g/mol. The molecule has 0 unspecified atom stereocenters. The number of imidazole rings is 1. The molecule has 0 aliphatic carbocycles. The van der Waals surface area contributed by atoms with Gasteiger partial charge in [0.2, 0.25) is 0 Å². The highest BCUT2D eigenvalue weighted by Crippen LogP contribution is 2.22. The van der Waals surface area contributed by atoms with Crippen molar-refractivity contribution in [2.45, 2.75) is 46.5 Å². The second kappa shape index (κ2) is 7.99. The molecule has 5 nitrogen and oxygen atoms in total. The molecule has 1 amide bonds. The summed E-state index contributed by atoms with van der Waals surface area (Å²) in [5.74, 6) is 0.744. The molecular formula is C18H27N3O2. The van der Waals surface area contributed by atoms with Crippen LogP contribution < -0.4 is 4.74 Å². The van der Waals surface area contributed by atoms with E-state index >= 15 is 0 Å². The Kier molecular flexibility index (Phi) is 6.02. The van der Waals surface area contributed by atoms with Gasteiger partial charge in [0, 0.05) is 19.3 Å². The number of fused-ring (bicyclic) bond motifs is 1. The highest BCUT2D eigenvalue weighted by Gasteiger charge is 2.23. The largest absolute Gasteiger partial charge is 0.493 e. The van der Waals surface area contributed by atoms with Crippen LogP contribution in [0.5, 0.6) is 5.75 Å². The van der Waals surface area contributed by atoms with Crippen LogP contribution in [-0.4, -0.2) is 40.4 Å². The van der Waals surface area contributed by atoms with Crippen LogP contribution in [0.1, 0.15) is 55.7 Å². The molecule has 0 fully saturated rings. The summed E-state index contributed by atoms with van der Waals surface area (Å²) in [5.41, 5.74) is 2.09. The number of carbonyl (C=O) groups excluding carboxylic acids is 1. The predicted molar refractivity (Wildman–Crippen MR) is 92.2 cm³/mol. The first-order chi connectivity index (χ1) is 11.1. The standard InChI is InChI=1S/C18H27N3O2/c1-5-7-11-20(12-8-6-2)18(22)16-14(3)19-17-15(23-4)10-9-13-21(16)17/h9-10,13H,5-8,11-12H2,1-4H3. The first-order valence-corrected chi connectivity index (χ1v) is 8.44. The van der Waals surface area contributed by atoms with E-state index in [4.69, 9.17) is 4.74 Å². The quantitative estimate of drug-likeness (QED) is 0.746. The molecular weight excluding hydrogens is 290 g/mol. The van der Waals surface area contributed by atoms with Crippen LogP contribution in [0.3, 0.4) is 0 Å². The highest BCUT2D eigenvalue weighted by molar-refractivity contribution is 5.95.